The minimum atomic E-state index is -2.63. The summed E-state index contributed by atoms with van der Waals surface area (Å²) in [6.45, 7) is 26.3. The van der Waals surface area contributed by atoms with Gasteiger partial charge in [-0.3, -0.25) is 0 Å². The molecule has 0 saturated carbocycles. The van der Waals surface area contributed by atoms with Crippen LogP contribution >= 0.6 is 0 Å². The summed E-state index contributed by atoms with van der Waals surface area (Å²) in [5, 5.41) is 7.58. The van der Waals surface area contributed by atoms with E-state index < -0.39 is 24.2 Å². The van der Waals surface area contributed by atoms with Crippen LogP contribution in [0, 0.1) is 0 Å². The summed E-state index contributed by atoms with van der Waals surface area (Å²) < 4.78 is 0. The minimum Gasteiger partial charge on any atom is -0.106 e. The van der Waals surface area contributed by atoms with Gasteiger partial charge in [0, 0.05) is 0 Å². The topological polar surface area (TPSA) is 0 Å². The van der Waals surface area contributed by atoms with Gasteiger partial charge in [0.25, 0.3) is 0 Å². The van der Waals surface area contributed by atoms with Gasteiger partial charge in [-0.25, -0.2) is 0 Å². The van der Waals surface area contributed by atoms with Crippen LogP contribution in [0.4, 0.5) is 0 Å². The van der Waals surface area contributed by atoms with Crippen LogP contribution in [0.1, 0.15) is 0 Å². The molecule has 0 radical (unpaired) electrons. The molecule has 4 aromatic carbocycles. The zero-order chi connectivity index (χ0) is 27.9. The lowest BCUT2D eigenvalue weighted by molar-refractivity contribution is 1.71. The largest absolute Gasteiger partial charge is 0.163 e. The molecule has 0 N–H and O–H groups in total. The normalized spacial score (nSPS) is 11.7. The van der Waals surface area contributed by atoms with E-state index in [1.54, 1.807) is 0 Å². The molecule has 0 aliphatic carbocycles. The van der Waals surface area contributed by atoms with Crippen LogP contribution in [0.5, 0.6) is 0 Å². The third kappa shape index (κ3) is 4.59. The second-order valence-corrected chi connectivity index (χ2v) is 20.7. The number of hydrogen-bond acceptors (Lipinski definition) is 0. The third-order valence-corrected chi connectivity index (χ3v) is 20.0. The van der Waals surface area contributed by atoms with Gasteiger partial charge in [-0.15, -0.1) is 39.5 Å². The van der Waals surface area contributed by atoms with Gasteiger partial charge in [-0.1, -0.05) is 143 Å². The highest BCUT2D eigenvalue weighted by Gasteiger charge is 2.42. The van der Waals surface area contributed by atoms with Gasteiger partial charge >= 0.3 is 0 Å². The summed E-state index contributed by atoms with van der Waals surface area (Å²) in [4.78, 5) is 0. The fraction of sp³-hybridized carbons (Fsp3) is 0. The highest BCUT2D eigenvalue weighted by atomic mass is 28.3. The highest BCUT2D eigenvalue weighted by molar-refractivity contribution is 7.17. The van der Waals surface area contributed by atoms with Gasteiger partial charge in [-0.2, -0.15) is 0 Å². The smallest absolute Gasteiger partial charge is 0.106 e. The minimum absolute atomic E-state index is 1.25. The summed E-state index contributed by atoms with van der Waals surface area (Å²) in [5.41, 5.74) is 12.9. The maximum atomic E-state index is 4.42. The third-order valence-electron chi connectivity index (χ3n) is 8.07. The lowest BCUT2D eigenvalue weighted by Gasteiger charge is -2.36. The molecule has 0 heterocycles. The Labute approximate surface area is 237 Å². The number of rotatable bonds is 12. The van der Waals surface area contributed by atoms with E-state index in [9.17, 15) is 0 Å². The molecule has 0 fully saturated rings. The van der Waals surface area contributed by atoms with Crippen LogP contribution in [0.15, 0.2) is 183 Å². The Hall–Kier alpha value is -4.03. The molecule has 0 amide bonds. The van der Waals surface area contributed by atoms with Crippen LogP contribution in [-0.2, 0) is 0 Å². The monoisotopic (exact) mass is 552 g/mol. The van der Waals surface area contributed by atoms with Crippen molar-refractivity contribution in [3.8, 4) is 0 Å². The average molecular weight is 553 g/mol. The Morgan fingerprint density at radius 1 is 0.333 bits per heavy atom. The second kappa shape index (κ2) is 11.8. The van der Waals surface area contributed by atoms with Crippen molar-refractivity contribution >= 4 is 55.3 Å². The van der Waals surface area contributed by atoms with Crippen molar-refractivity contribution in [2.24, 2.45) is 0 Å². The molecule has 0 aliphatic heterocycles. The first-order valence-corrected chi connectivity index (χ1v) is 19.6. The van der Waals surface area contributed by atoms with Crippen molar-refractivity contribution in [3.05, 3.63) is 183 Å². The molecule has 0 aromatic heterocycles. The van der Waals surface area contributed by atoms with E-state index in [1.807, 2.05) is 0 Å². The van der Waals surface area contributed by atoms with Gasteiger partial charge in [0.2, 0.25) is 0 Å². The molecule has 192 valence electrons. The first-order valence-electron chi connectivity index (χ1n) is 13.2. The van der Waals surface area contributed by atoms with E-state index >= 15 is 0 Å². The van der Waals surface area contributed by atoms with E-state index in [-0.39, 0.29) is 0 Å². The zero-order valence-corrected chi connectivity index (χ0v) is 25.6. The van der Waals surface area contributed by atoms with Crippen molar-refractivity contribution < 1.29 is 0 Å². The Kier molecular flexibility index (Phi) is 8.46. The van der Waals surface area contributed by atoms with Crippen molar-refractivity contribution in [1.82, 2.24) is 0 Å². The standard InChI is InChI=1S/C36H36Si3/c1-7-37(8-2,31-22-16-13-17-23-31)34-28-29-35(38(9-3,10-4)32-24-18-14-19-25-32)36(30-34)39(11-5,12-6)33-26-20-15-21-27-33/h7-30H,1-6H2. The first-order chi connectivity index (χ1) is 19.0. The van der Waals surface area contributed by atoms with E-state index in [2.05, 4.69) is 183 Å². The quantitative estimate of drug-likeness (QED) is 0.223. The Morgan fingerprint density at radius 2 is 0.667 bits per heavy atom. The molecule has 4 aromatic rings. The average Bonchev–Trinajstić information content (AvgIpc) is 3.02. The van der Waals surface area contributed by atoms with Crippen LogP contribution in [0.2, 0.25) is 0 Å². The molecule has 0 unspecified atom stereocenters. The fourth-order valence-corrected chi connectivity index (χ4v) is 16.1. The molecular formula is C36H36Si3. The lowest BCUT2D eigenvalue weighted by atomic mass is 10.3. The second-order valence-electron chi connectivity index (χ2n) is 9.69. The SMILES string of the molecule is C=C[Si](C=C)(c1ccccc1)c1ccc([Si](C=C)(C=C)c2ccccc2)c([Si](C=C)(C=C)c2ccccc2)c1. The predicted octanol–water partition coefficient (Wildman–Crippen LogP) is 4.73. The molecule has 0 bridgehead atoms. The molecule has 39 heavy (non-hydrogen) atoms. The highest BCUT2D eigenvalue weighted by Crippen LogP contribution is 2.16. The summed E-state index contributed by atoms with van der Waals surface area (Å²) in [6, 6.07) is 39.0. The van der Waals surface area contributed by atoms with Gasteiger partial charge in [0.1, 0.15) is 0 Å². The van der Waals surface area contributed by atoms with Crippen molar-refractivity contribution in [3.63, 3.8) is 0 Å². The fourth-order valence-electron chi connectivity index (χ4n) is 5.76. The van der Waals surface area contributed by atoms with Crippen molar-refractivity contribution in [2.75, 3.05) is 0 Å². The summed E-state index contributed by atoms with van der Waals surface area (Å²) in [7, 11) is -7.67. The maximum Gasteiger partial charge on any atom is 0.163 e. The first kappa shape index (κ1) is 28.0. The molecular weight excluding hydrogens is 517 g/mol. The Bertz CT molecular complexity index is 1480. The van der Waals surface area contributed by atoms with Crippen LogP contribution in [0.3, 0.4) is 0 Å². The molecule has 0 saturated heterocycles. The van der Waals surface area contributed by atoms with Gasteiger partial charge in [0.15, 0.2) is 24.2 Å². The van der Waals surface area contributed by atoms with E-state index in [0.717, 1.165) is 0 Å². The number of hydrogen-bond donors (Lipinski definition) is 0. The maximum absolute atomic E-state index is 4.42. The molecule has 0 spiro atoms. The van der Waals surface area contributed by atoms with E-state index in [0.29, 0.717) is 0 Å². The zero-order valence-electron chi connectivity index (χ0n) is 22.6. The Morgan fingerprint density at radius 3 is 1.03 bits per heavy atom. The molecule has 4 rings (SSSR count). The van der Waals surface area contributed by atoms with Crippen LogP contribution < -0.4 is 31.1 Å². The van der Waals surface area contributed by atoms with Gasteiger partial charge in [0.05, 0.1) is 0 Å². The molecule has 0 nitrogen and oxygen atoms in total. The molecule has 0 aliphatic rings. The lowest BCUT2D eigenvalue weighted by Crippen LogP contribution is -2.70. The van der Waals surface area contributed by atoms with Crippen LogP contribution in [-0.4, -0.2) is 24.2 Å². The van der Waals surface area contributed by atoms with Crippen molar-refractivity contribution in [2.45, 2.75) is 0 Å². The number of benzene rings is 4. The van der Waals surface area contributed by atoms with E-state index in [4.69, 9.17) is 0 Å². The molecule has 0 atom stereocenters. The van der Waals surface area contributed by atoms with E-state index in [1.165, 1.54) is 31.1 Å². The summed E-state index contributed by atoms with van der Waals surface area (Å²) >= 11 is 0. The van der Waals surface area contributed by atoms with Crippen LogP contribution in [0.25, 0.3) is 0 Å². The predicted molar refractivity (Wildman–Crippen MR) is 182 cm³/mol. The summed E-state index contributed by atoms with van der Waals surface area (Å²) in [5.74, 6) is 0. The summed E-state index contributed by atoms with van der Waals surface area (Å²) in [6.07, 6.45) is 0. The van der Waals surface area contributed by atoms with Gasteiger partial charge in [-0.05, 0) is 31.1 Å². The Balaban J connectivity index is 2.17. The molecule has 3 heteroatoms. The van der Waals surface area contributed by atoms with Gasteiger partial charge < -0.3 is 0 Å². The van der Waals surface area contributed by atoms with Crippen molar-refractivity contribution in [1.29, 1.82) is 0 Å².